The number of anilines is 1. The van der Waals surface area contributed by atoms with E-state index in [0.717, 1.165) is 61.1 Å². The molecule has 1 heterocycles. The van der Waals surface area contributed by atoms with E-state index in [2.05, 4.69) is 19.2 Å². The zero-order valence-corrected chi connectivity index (χ0v) is 20.2. The molecule has 5 heteroatoms. The molecule has 2 amide bonds. The topological polar surface area (TPSA) is 61.8 Å². The molecule has 0 aliphatic carbocycles. The summed E-state index contributed by atoms with van der Waals surface area (Å²) in [6.45, 7) is 4.33. The van der Waals surface area contributed by atoms with Gasteiger partial charge in [0.05, 0.1) is 11.4 Å². The summed E-state index contributed by atoms with van der Waals surface area (Å²) in [6.07, 6.45) is 7.37. The van der Waals surface area contributed by atoms with Crippen LogP contribution in [0.1, 0.15) is 76.3 Å². The molecule has 0 radical (unpaired) electrons. The van der Waals surface area contributed by atoms with Crippen LogP contribution >= 0.6 is 0 Å². The zero-order valence-electron chi connectivity index (χ0n) is 20.2. The Morgan fingerprint density at radius 2 is 1.61 bits per heavy atom. The van der Waals surface area contributed by atoms with Gasteiger partial charge in [-0.25, -0.2) is 4.99 Å². The van der Waals surface area contributed by atoms with Crippen LogP contribution in [0.15, 0.2) is 59.6 Å². The number of nitrogens with zero attached hydrogens (tertiary/aromatic N) is 2. The van der Waals surface area contributed by atoms with Crippen molar-refractivity contribution in [3.63, 3.8) is 0 Å². The Bertz CT molecular complexity index is 955. The Balaban J connectivity index is 1.89. The SMILES string of the molecule is CCCCCCC(CCCC)C(=O)NC1N=C(c2ccccc2)c2ccccc2N(C)C1=O. The van der Waals surface area contributed by atoms with Crippen molar-refractivity contribution in [2.75, 3.05) is 11.9 Å². The van der Waals surface area contributed by atoms with E-state index in [9.17, 15) is 9.59 Å². The summed E-state index contributed by atoms with van der Waals surface area (Å²) in [5.74, 6) is -0.364. The molecule has 2 aromatic carbocycles. The van der Waals surface area contributed by atoms with Gasteiger partial charge < -0.3 is 10.2 Å². The maximum Gasteiger partial charge on any atom is 0.272 e. The van der Waals surface area contributed by atoms with Gasteiger partial charge in [0.1, 0.15) is 0 Å². The monoisotopic (exact) mass is 447 g/mol. The number of carbonyl (C=O) groups excluding carboxylic acids is 2. The molecule has 3 rings (SSSR count). The van der Waals surface area contributed by atoms with Gasteiger partial charge in [0.25, 0.3) is 5.91 Å². The lowest BCUT2D eigenvalue weighted by molar-refractivity contribution is -0.130. The lowest BCUT2D eigenvalue weighted by Crippen LogP contribution is -2.47. The molecule has 1 N–H and O–H groups in total. The van der Waals surface area contributed by atoms with E-state index in [1.165, 1.54) is 12.8 Å². The first kappa shape index (κ1) is 24.7. The van der Waals surface area contributed by atoms with Gasteiger partial charge in [0.15, 0.2) is 0 Å². The Morgan fingerprint density at radius 3 is 2.33 bits per heavy atom. The Morgan fingerprint density at radius 1 is 0.939 bits per heavy atom. The normalized spacial score (nSPS) is 16.6. The van der Waals surface area contributed by atoms with Crippen molar-refractivity contribution >= 4 is 23.2 Å². The van der Waals surface area contributed by atoms with E-state index in [4.69, 9.17) is 4.99 Å². The molecule has 0 spiro atoms. The minimum absolute atomic E-state index is 0.0613. The lowest BCUT2D eigenvalue weighted by Gasteiger charge is -2.23. The third-order valence-corrected chi connectivity index (χ3v) is 6.35. The number of unbranched alkanes of at least 4 members (excludes halogenated alkanes) is 4. The number of rotatable bonds is 11. The fraction of sp³-hybridized carbons (Fsp3) is 0.464. The van der Waals surface area contributed by atoms with Crippen LogP contribution in [0, 0.1) is 5.92 Å². The minimum Gasteiger partial charge on any atom is -0.326 e. The maximum atomic E-state index is 13.4. The number of aliphatic imine (C=N–C) groups is 1. The summed E-state index contributed by atoms with van der Waals surface area (Å²) in [4.78, 5) is 33.1. The summed E-state index contributed by atoms with van der Waals surface area (Å²) in [6, 6.07) is 17.6. The molecule has 0 bridgehead atoms. The van der Waals surface area contributed by atoms with E-state index < -0.39 is 6.17 Å². The second-order valence-electron chi connectivity index (χ2n) is 8.86. The summed E-state index contributed by atoms with van der Waals surface area (Å²) in [7, 11) is 1.75. The Hall–Kier alpha value is -2.95. The molecule has 2 unspecified atom stereocenters. The first-order chi connectivity index (χ1) is 16.1. The number of nitrogens with one attached hydrogen (secondary N) is 1. The van der Waals surface area contributed by atoms with E-state index in [0.29, 0.717) is 0 Å². The highest BCUT2D eigenvalue weighted by atomic mass is 16.2. The van der Waals surface area contributed by atoms with Crippen molar-refractivity contribution in [3.05, 3.63) is 65.7 Å². The highest BCUT2D eigenvalue weighted by Gasteiger charge is 2.32. The highest BCUT2D eigenvalue weighted by Crippen LogP contribution is 2.27. The van der Waals surface area contributed by atoms with Crippen LogP contribution in [-0.2, 0) is 9.59 Å². The van der Waals surface area contributed by atoms with Gasteiger partial charge >= 0.3 is 0 Å². The van der Waals surface area contributed by atoms with Gasteiger partial charge in [-0.05, 0) is 18.9 Å². The van der Waals surface area contributed by atoms with Crippen LogP contribution in [-0.4, -0.2) is 30.7 Å². The predicted molar refractivity (Wildman–Crippen MR) is 136 cm³/mol. The van der Waals surface area contributed by atoms with E-state index in [-0.39, 0.29) is 17.7 Å². The number of benzene rings is 2. The first-order valence-electron chi connectivity index (χ1n) is 12.4. The number of benzodiazepines with no additional fused rings is 1. The van der Waals surface area contributed by atoms with E-state index in [1.807, 2.05) is 54.6 Å². The summed E-state index contributed by atoms with van der Waals surface area (Å²) in [5.41, 5.74) is 3.33. The Kier molecular flexibility index (Phi) is 9.23. The van der Waals surface area contributed by atoms with E-state index in [1.54, 1.807) is 11.9 Å². The van der Waals surface area contributed by atoms with Crippen molar-refractivity contribution in [2.24, 2.45) is 10.9 Å². The summed E-state index contributed by atoms with van der Waals surface area (Å²) in [5, 5.41) is 3.01. The summed E-state index contributed by atoms with van der Waals surface area (Å²) >= 11 is 0. The van der Waals surface area contributed by atoms with E-state index >= 15 is 0 Å². The van der Waals surface area contributed by atoms with Crippen molar-refractivity contribution in [1.29, 1.82) is 0 Å². The summed E-state index contributed by atoms with van der Waals surface area (Å²) < 4.78 is 0. The van der Waals surface area contributed by atoms with Crippen LogP contribution in [0.2, 0.25) is 0 Å². The molecule has 2 atom stereocenters. The largest absolute Gasteiger partial charge is 0.326 e. The van der Waals surface area contributed by atoms with Crippen molar-refractivity contribution in [1.82, 2.24) is 5.32 Å². The molecule has 0 aromatic heterocycles. The van der Waals surface area contributed by atoms with Crippen LogP contribution in [0.3, 0.4) is 0 Å². The van der Waals surface area contributed by atoms with Gasteiger partial charge in [-0.1, -0.05) is 101 Å². The number of likely N-dealkylation sites (N-methyl/N-ethyl adjacent to an activating group) is 1. The number of hydrogen-bond acceptors (Lipinski definition) is 3. The fourth-order valence-electron chi connectivity index (χ4n) is 4.37. The standard InChI is InChI=1S/C28H37N3O2/c1-4-6-8-10-18-22(15-7-5-2)27(32)30-26-28(33)31(3)24-20-14-13-19-23(24)25(29-26)21-16-11-9-12-17-21/h9,11-14,16-17,19-20,22,26H,4-8,10,15,18H2,1-3H3,(H,30,32). The quantitative estimate of drug-likeness (QED) is 0.448. The molecule has 1 aliphatic rings. The second-order valence-corrected chi connectivity index (χ2v) is 8.86. The number of hydrogen-bond donors (Lipinski definition) is 1. The lowest BCUT2D eigenvalue weighted by atomic mass is 9.94. The highest BCUT2D eigenvalue weighted by molar-refractivity contribution is 6.20. The number of amides is 2. The van der Waals surface area contributed by atoms with Crippen LogP contribution < -0.4 is 10.2 Å². The van der Waals surface area contributed by atoms with Crippen LogP contribution in [0.4, 0.5) is 5.69 Å². The fourth-order valence-corrected chi connectivity index (χ4v) is 4.37. The first-order valence-corrected chi connectivity index (χ1v) is 12.4. The molecular formula is C28H37N3O2. The molecule has 5 nitrogen and oxygen atoms in total. The third kappa shape index (κ3) is 6.31. The van der Waals surface area contributed by atoms with Gasteiger partial charge in [-0.3, -0.25) is 9.59 Å². The molecule has 0 saturated carbocycles. The molecule has 0 fully saturated rings. The molecule has 1 aliphatic heterocycles. The van der Waals surface area contributed by atoms with Gasteiger partial charge in [-0.2, -0.15) is 0 Å². The number of carbonyl (C=O) groups is 2. The third-order valence-electron chi connectivity index (χ3n) is 6.35. The zero-order chi connectivity index (χ0) is 23.6. The van der Waals surface area contributed by atoms with Gasteiger partial charge in [-0.15, -0.1) is 0 Å². The second kappa shape index (κ2) is 12.3. The van der Waals surface area contributed by atoms with Gasteiger partial charge in [0, 0.05) is 24.1 Å². The number of para-hydroxylation sites is 1. The number of fused-ring (bicyclic) bond motifs is 1. The molecule has 0 saturated heterocycles. The van der Waals surface area contributed by atoms with Crippen molar-refractivity contribution in [2.45, 2.75) is 71.4 Å². The minimum atomic E-state index is -0.940. The van der Waals surface area contributed by atoms with Crippen molar-refractivity contribution in [3.8, 4) is 0 Å². The average Bonchev–Trinajstić information content (AvgIpc) is 2.95. The average molecular weight is 448 g/mol. The maximum absolute atomic E-state index is 13.4. The molecule has 33 heavy (non-hydrogen) atoms. The van der Waals surface area contributed by atoms with Crippen molar-refractivity contribution < 1.29 is 9.59 Å². The van der Waals surface area contributed by atoms with Crippen LogP contribution in [0.5, 0.6) is 0 Å². The predicted octanol–water partition coefficient (Wildman–Crippen LogP) is 5.72. The Labute approximate surface area is 198 Å². The molecular weight excluding hydrogens is 410 g/mol. The molecule has 2 aromatic rings. The smallest absolute Gasteiger partial charge is 0.272 e. The van der Waals surface area contributed by atoms with Gasteiger partial charge in [0.2, 0.25) is 12.1 Å². The van der Waals surface area contributed by atoms with Crippen LogP contribution in [0.25, 0.3) is 0 Å². The molecule has 176 valence electrons.